The van der Waals surface area contributed by atoms with Crippen LogP contribution in [-0.4, -0.2) is 17.8 Å². The Morgan fingerprint density at radius 1 is 1.12 bits per heavy atom. The van der Waals surface area contributed by atoms with Crippen molar-refractivity contribution in [2.45, 2.75) is 65.7 Å². The highest BCUT2D eigenvalue weighted by molar-refractivity contribution is 9.09. The third-order valence-corrected chi connectivity index (χ3v) is 4.40. The van der Waals surface area contributed by atoms with Crippen LogP contribution in [0.2, 0.25) is 0 Å². The second-order valence-corrected chi connectivity index (χ2v) is 6.15. The van der Waals surface area contributed by atoms with E-state index in [9.17, 15) is 4.79 Å². The van der Waals surface area contributed by atoms with E-state index in [1.165, 1.54) is 32.1 Å². The van der Waals surface area contributed by atoms with Gasteiger partial charge in [-0.15, -0.1) is 0 Å². The lowest BCUT2D eigenvalue weighted by Crippen LogP contribution is -2.34. The van der Waals surface area contributed by atoms with Crippen LogP contribution in [0.15, 0.2) is 0 Å². The Bertz CT molecular complexity index is 204. The topological polar surface area (TPSA) is 29.1 Å². The zero-order chi connectivity index (χ0) is 13.1. The molecular weight excluding hydrogens is 278 g/mol. The van der Waals surface area contributed by atoms with Gasteiger partial charge in [0, 0.05) is 18.3 Å². The van der Waals surface area contributed by atoms with Crippen LogP contribution in [-0.2, 0) is 4.79 Å². The van der Waals surface area contributed by atoms with Crippen molar-refractivity contribution < 1.29 is 4.79 Å². The van der Waals surface area contributed by atoms with Crippen molar-refractivity contribution in [3.8, 4) is 0 Å². The Balaban J connectivity index is 3.41. The molecule has 0 aromatic heterocycles. The molecule has 0 radical (unpaired) electrons. The quantitative estimate of drug-likeness (QED) is 0.474. The first-order chi connectivity index (χ1) is 8.02. The lowest BCUT2D eigenvalue weighted by Gasteiger charge is -2.21. The third kappa shape index (κ3) is 10.8. The van der Waals surface area contributed by atoms with Gasteiger partial charge < -0.3 is 5.32 Å². The summed E-state index contributed by atoms with van der Waals surface area (Å²) in [5.41, 5.74) is 0.150. The Morgan fingerprint density at radius 2 is 1.71 bits per heavy atom. The molecule has 102 valence electrons. The van der Waals surface area contributed by atoms with Crippen LogP contribution in [0.3, 0.4) is 0 Å². The molecule has 1 amide bonds. The molecule has 0 saturated heterocycles. The van der Waals surface area contributed by atoms with Gasteiger partial charge in [0.1, 0.15) is 0 Å². The second-order valence-electron chi connectivity index (χ2n) is 5.59. The number of carbonyl (C=O) groups excluding carboxylic acids is 1. The monoisotopic (exact) mass is 305 g/mol. The first-order valence-electron chi connectivity index (χ1n) is 6.84. The Kier molecular flexibility index (Phi) is 9.90. The molecule has 0 atom stereocenters. The van der Waals surface area contributed by atoms with E-state index < -0.39 is 0 Å². The number of unbranched alkanes of at least 4 members (excludes halogenated alkanes) is 5. The van der Waals surface area contributed by atoms with Crippen LogP contribution in [0.25, 0.3) is 0 Å². The molecule has 0 aromatic carbocycles. The molecule has 0 heterocycles. The summed E-state index contributed by atoms with van der Waals surface area (Å²) in [6, 6.07) is 0. The van der Waals surface area contributed by atoms with E-state index in [0.29, 0.717) is 6.42 Å². The molecule has 1 N–H and O–H groups in total. The van der Waals surface area contributed by atoms with E-state index in [-0.39, 0.29) is 11.3 Å². The minimum atomic E-state index is 0.150. The second kappa shape index (κ2) is 9.93. The van der Waals surface area contributed by atoms with Crippen LogP contribution in [0.4, 0.5) is 0 Å². The number of alkyl halides is 1. The van der Waals surface area contributed by atoms with Crippen LogP contribution in [0.5, 0.6) is 0 Å². The first kappa shape index (κ1) is 16.9. The summed E-state index contributed by atoms with van der Waals surface area (Å²) in [5, 5.41) is 3.92. The SMILES string of the molecule is CCCCCCCCC(=O)NCC(C)(C)CBr. The summed E-state index contributed by atoms with van der Waals surface area (Å²) >= 11 is 3.46. The zero-order valence-corrected chi connectivity index (χ0v) is 13.2. The van der Waals surface area contributed by atoms with Crippen LogP contribution >= 0.6 is 15.9 Å². The molecule has 2 nitrogen and oxygen atoms in total. The van der Waals surface area contributed by atoms with Crippen molar-refractivity contribution >= 4 is 21.8 Å². The van der Waals surface area contributed by atoms with Gasteiger partial charge in [0.15, 0.2) is 0 Å². The molecule has 0 unspecified atom stereocenters. The van der Waals surface area contributed by atoms with Gasteiger partial charge in [0.25, 0.3) is 0 Å². The molecule has 0 bridgehead atoms. The van der Waals surface area contributed by atoms with Gasteiger partial charge in [-0.05, 0) is 11.8 Å². The first-order valence-corrected chi connectivity index (χ1v) is 7.96. The fraction of sp³-hybridized carbons (Fsp3) is 0.929. The Morgan fingerprint density at radius 3 is 2.29 bits per heavy atom. The minimum Gasteiger partial charge on any atom is -0.356 e. The molecule has 0 spiro atoms. The Labute approximate surface area is 115 Å². The molecule has 0 aliphatic rings. The van der Waals surface area contributed by atoms with Gasteiger partial charge in [-0.3, -0.25) is 4.79 Å². The molecule has 0 fully saturated rings. The number of halogens is 1. The third-order valence-electron chi connectivity index (χ3n) is 2.88. The van der Waals surface area contributed by atoms with Crippen LogP contribution in [0, 0.1) is 5.41 Å². The van der Waals surface area contributed by atoms with Gasteiger partial charge in [-0.1, -0.05) is 68.8 Å². The maximum Gasteiger partial charge on any atom is 0.220 e. The number of amides is 1. The molecule has 0 aliphatic heterocycles. The standard InChI is InChI=1S/C14H28BrNO/c1-4-5-6-7-8-9-10-13(17)16-12-14(2,3)11-15/h4-12H2,1-3H3,(H,16,17). The van der Waals surface area contributed by atoms with E-state index in [0.717, 1.165) is 18.3 Å². The molecule has 17 heavy (non-hydrogen) atoms. The molecular formula is C14H28BrNO. The van der Waals surface area contributed by atoms with Crippen LogP contribution in [0.1, 0.15) is 65.7 Å². The van der Waals surface area contributed by atoms with Gasteiger partial charge >= 0.3 is 0 Å². The lowest BCUT2D eigenvalue weighted by molar-refractivity contribution is -0.121. The van der Waals surface area contributed by atoms with Gasteiger partial charge in [-0.25, -0.2) is 0 Å². The van der Waals surface area contributed by atoms with E-state index in [1.807, 2.05) is 0 Å². The maximum atomic E-state index is 11.6. The normalized spacial score (nSPS) is 11.5. The van der Waals surface area contributed by atoms with E-state index in [2.05, 4.69) is 42.0 Å². The highest BCUT2D eigenvalue weighted by Crippen LogP contribution is 2.16. The fourth-order valence-corrected chi connectivity index (χ4v) is 1.74. The molecule has 0 aliphatic carbocycles. The highest BCUT2D eigenvalue weighted by Gasteiger charge is 2.16. The van der Waals surface area contributed by atoms with Crippen LogP contribution < -0.4 is 5.32 Å². The largest absolute Gasteiger partial charge is 0.356 e. The molecule has 0 saturated carbocycles. The van der Waals surface area contributed by atoms with E-state index >= 15 is 0 Å². The molecule has 3 heteroatoms. The van der Waals surface area contributed by atoms with Crippen molar-refractivity contribution in [1.29, 1.82) is 0 Å². The van der Waals surface area contributed by atoms with Gasteiger partial charge in [0.05, 0.1) is 0 Å². The summed E-state index contributed by atoms with van der Waals surface area (Å²) in [6.45, 7) is 7.27. The van der Waals surface area contributed by atoms with Crippen molar-refractivity contribution in [1.82, 2.24) is 5.32 Å². The zero-order valence-electron chi connectivity index (χ0n) is 11.7. The van der Waals surface area contributed by atoms with E-state index in [1.54, 1.807) is 0 Å². The summed E-state index contributed by atoms with van der Waals surface area (Å²) in [7, 11) is 0. The molecule has 0 rings (SSSR count). The van der Waals surface area contributed by atoms with Crippen molar-refractivity contribution in [2.24, 2.45) is 5.41 Å². The van der Waals surface area contributed by atoms with Crippen molar-refractivity contribution in [3.05, 3.63) is 0 Å². The number of hydrogen-bond acceptors (Lipinski definition) is 1. The minimum absolute atomic E-state index is 0.150. The molecule has 0 aromatic rings. The average molecular weight is 306 g/mol. The van der Waals surface area contributed by atoms with Gasteiger partial charge in [-0.2, -0.15) is 0 Å². The summed E-state index contributed by atoms with van der Waals surface area (Å²) in [5.74, 6) is 0.203. The smallest absolute Gasteiger partial charge is 0.220 e. The number of hydrogen-bond donors (Lipinski definition) is 1. The summed E-state index contributed by atoms with van der Waals surface area (Å²) in [4.78, 5) is 11.6. The fourth-order valence-electron chi connectivity index (χ4n) is 1.54. The summed E-state index contributed by atoms with van der Waals surface area (Å²) < 4.78 is 0. The lowest BCUT2D eigenvalue weighted by atomic mass is 9.97. The predicted molar refractivity (Wildman–Crippen MR) is 78.6 cm³/mol. The van der Waals surface area contributed by atoms with Gasteiger partial charge in [0.2, 0.25) is 5.91 Å². The predicted octanol–water partition coefficient (Wildman–Crippen LogP) is 4.27. The van der Waals surface area contributed by atoms with E-state index in [4.69, 9.17) is 0 Å². The summed E-state index contributed by atoms with van der Waals surface area (Å²) in [6.07, 6.45) is 8.10. The highest BCUT2D eigenvalue weighted by atomic mass is 79.9. The maximum absolute atomic E-state index is 11.6. The van der Waals surface area contributed by atoms with Crippen molar-refractivity contribution in [2.75, 3.05) is 11.9 Å². The number of carbonyl (C=O) groups is 1. The number of nitrogens with one attached hydrogen (secondary N) is 1. The average Bonchev–Trinajstić information content (AvgIpc) is 2.31. The van der Waals surface area contributed by atoms with Crippen molar-refractivity contribution in [3.63, 3.8) is 0 Å². The number of rotatable bonds is 10. The Hall–Kier alpha value is -0.0500.